The summed E-state index contributed by atoms with van der Waals surface area (Å²) < 4.78 is 16.4. The zero-order valence-corrected chi connectivity index (χ0v) is 19.1. The van der Waals surface area contributed by atoms with Gasteiger partial charge in [0.15, 0.2) is 18.1 Å². The Morgan fingerprint density at radius 2 is 1.81 bits per heavy atom. The highest BCUT2D eigenvalue weighted by Gasteiger charge is 2.15. The average molecular weight is 498 g/mol. The lowest BCUT2D eigenvalue weighted by Crippen LogP contribution is -2.13. The average Bonchev–Trinajstić information content (AvgIpc) is 2.77. The van der Waals surface area contributed by atoms with Crippen molar-refractivity contribution in [2.45, 2.75) is 13.8 Å². The number of hydrogen-bond donors (Lipinski definition) is 1. The molecule has 164 valence electrons. The van der Waals surface area contributed by atoms with Crippen molar-refractivity contribution in [2.24, 2.45) is 0 Å². The van der Waals surface area contributed by atoms with Gasteiger partial charge in [0.25, 0.3) is 5.91 Å². The molecular weight excluding hydrogens is 478 g/mol. The summed E-state index contributed by atoms with van der Waals surface area (Å²) in [7, 11) is 0. The largest absolute Gasteiger partial charge is 0.490 e. The van der Waals surface area contributed by atoms with Crippen molar-refractivity contribution in [1.29, 1.82) is 10.5 Å². The summed E-state index contributed by atoms with van der Waals surface area (Å²) in [6, 6.07) is 13.2. The monoisotopic (exact) mass is 497 g/mol. The second-order valence-corrected chi connectivity index (χ2v) is 6.99. The van der Waals surface area contributed by atoms with Gasteiger partial charge in [-0.05, 0) is 77.8 Å². The highest BCUT2D eigenvalue weighted by molar-refractivity contribution is 9.10. The van der Waals surface area contributed by atoms with E-state index >= 15 is 0 Å². The summed E-state index contributed by atoms with van der Waals surface area (Å²) in [6.45, 7) is 3.97. The van der Waals surface area contributed by atoms with Crippen LogP contribution in [0.2, 0.25) is 0 Å². The topological polar surface area (TPSA) is 121 Å². The van der Waals surface area contributed by atoms with Crippen LogP contribution >= 0.6 is 15.9 Å². The van der Waals surface area contributed by atoms with Gasteiger partial charge in [0, 0.05) is 5.69 Å². The van der Waals surface area contributed by atoms with E-state index in [1.807, 2.05) is 12.1 Å². The van der Waals surface area contributed by atoms with Gasteiger partial charge in [-0.3, -0.25) is 4.79 Å². The van der Waals surface area contributed by atoms with Gasteiger partial charge in [-0.25, -0.2) is 4.79 Å². The van der Waals surface area contributed by atoms with Gasteiger partial charge in [-0.1, -0.05) is 0 Å². The minimum absolute atomic E-state index is 0.139. The molecule has 9 heteroatoms. The van der Waals surface area contributed by atoms with E-state index in [-0.39, 0.29) is 18.8 Å². The van der Waals surface area contributed by atoms with Crippen molar-refractivity contribution in [3.63, 3.8) is 0 Å². The van der Waals surface area contributed by atoms with Gasteiger partial charge < -0.3 is 19.5 Å². The molecule has 0 aliphatic heterocycles. The summed E-state index contributed by atoms with van der Waals surface area (Å²) in [5.74, 6) is -0.345. The van der Waals surface area contributed by atoms with E-state index < -0.39 is 11.9 Å². The Hall–Kier alpha value is -3.82. The molecule has 0 bridgehead atoms. The van der Waals surface area contributed by atoms with E-state index in [2.05, 4.69) is 21.2 Å². The van der Waals surface area contributed by atoms with Gasteiger partial charge in [-0.15, -0.1) is 0 Å². The quantitative estimate of drug-likeness (QED) is 0.308. The first-order chi connectivity index (χ1) is 15.4. The van der Waals surface area contributed by atoms with Crippen LogP contribution < -0.4 is 14.8 Å². The molecule has 0 spiro atoms. The maximum atomic E-state index is 12.6. The molecular formula is C23H20BrN3O5. The molecule has 0 saturated heterocycles. The zero-order chi connectivity index (χ0) is 23.5. The molecule has 8 nitrogen and oxygen atoms in total. The Kier molecular flexibility index (Phi) is 9.27. The van der Waals surface area contributed by atoms with Crippen LogP contribution in [0.15, 0.2) is 46.4 Å². The molecule has 32 heavy (non-hydrogen) atoms. The van der Waals surface area contributed by atoms with Crippen LogP contribution in [0.3, 0.4) is 0 Å². The number of amides is 1. The minimum atomic E-state index is -0.615. The smallest absolute Gasteiger partial charge is 0.338 e. The number of ether oxygens (including phenoxy) is 3. The van der Waals surface area contributed by atoms with Crippen molar-refractivity contribution in [1.82, 2.24) is 0 Å². The van der Waals surface area contributed by atoms with Gasteiger partial charge in [0.1, 0.15) is 17.7 Å². The highest BCUT2D eigenvalue weighted by atomic mass is 79.9. The van der Waals surface area contributed by atoms with Crippen molar-refractivity contribution >= 4 is 39.6 Å². The molecule has 2 rings (SSSR count). The van der Waals surface area contributed by atoms with Crippen molar-refractivity contribution < 1.29 is 23.8 Å². The molecule has 0 unspecified atom stereocenters. The van der Waals surface area contributed by atoms with E-state index in [1.165, 1.54) is 18.2 Å². The van der Waals surface area contributed by atoms with Crippen LogP contribution in [-0.2, 0) is 9.53 Å². The fraction of sp³-hybridized carbons (Fsp3) is 0.217. The first-order valence-corrected chi connectivity index (χ1v) is 10.4. The van der Waals surface area contributed by atoms with E-state index in [1.54, 1.807) is 38.1 Å². The second kappa shape index (κ2) is 12.1. The van der Waals surface area contributed by atoms with Crippen LogP contribution in [0.4, 0.5) is 5.69 Å². The molecule has 2 aromatic rings. The van der Waals surface area contributed by atoms with Crippen molar-refractivity contribution in [3.05, 3.63) is 57.6 Å². The Morgan fingerprint density at radius 3 is 2.41 bits per heavy atom. The van der Waals surface area contributed by atoms with Crippen LogP contribution in [0.5, 0.6) is 11.5 Å². The Bertz CT molecular complexity index is 1100. The number of esters is 1. The molecule has 0 radical (unpaired) electrons. The third-order valence-electron chi connectivity index (χ3n) is 3.94. The van der Waals surface area contributed by atoms with Crippen LogP contribution in [0.25, 0.3) is 6.08 Å². The Labute approximate surface area is 194 Å². The lowest BCUT2D eigenvalue weighted by molar-refractivity contribution is -0.112. The number of halogens is 1. The number of nitrogens with one attached hydrogen (secondary N) is 1. The molecule has 0 aliphatic rings. The van der Waals surface area contributed by atoms with Gasteiger partial charge in [0.2, 0.25) is 0 Å². The highest BCUT2D eigenvalue weighted by Crippen LogP contribution is 2.37. The molecule has 0 fully saturated rings. The molecule has 0 heterocycles. The summed E-state index contributed by atoms with van der Waals surface area (Å²) in [4.78, 5) is 24.3. The number of benzene rings is 2. The van der Waals surface area contributed by atoms with Crippen LogP contribution in [0.1, 0.15) is 29.8 Å². The molecule has 0 aliphatic carbocycles. The molecule has 2 aromatic carbocycles. The fourth-order valence-corrected chi connectivity index (χ4v) is 3.17. The lowest BCUT2D eigenvalue weighted by atomic mass is 10.1. The fourth-order valence-electron chi connectivity index (χ4n) is 2.60. The van der Waals surface area contributed by atoms with Crippen LogP contribution in [-0.4, -0.2) is 31.7 Å². The van der Waals surface area contributed by atoms with E-state index in [4.69, 9.17) is 19.5 Å². The predicted octanol–water partition coefficient (Wildman–Crippen LogP) is 4.47. The minimum Gasteiger partial charge on any atom is -0.490 e. The van der Waals surface area contributed by atoms with Crippen LogP contribution in [0, 0.1) is 22.7 Å². The number of nitrogens with zero attached hydrogens (tertiary/aromatic N) is 2. The van der Waals surface area contributed by atoms with Gasteiger partial charge in [-0.2, -0.15) is 10.5 Å². The van der Waals surface area contributed by atoms with Gasteiger partial charge >= 0.3 is 5.97 Å². The predicted molar refractivity (Wildman–Crippen MR) is 121 cm³/mol. The summed E-state index contributed by atoms with van der Waals surface area (Å²) in [5.41, 5.74) is 1.15. The SMILES string of the molecule is CCOC(=O)c1ccc(NC(=O)/C(C#N)=C/c2cc(Br)c(OCC#N)c(OCC)c2)cc1. The number of hydrogen-bond acceptors (Lipinski definition) is 7. The molecule has 0 saturated carbocycles. The van der Waals surface area contributed by atoms with Gasteiger partial charge in [0.05, 0.1) is 23.2 Å². The van der Waals surface area contributed by atoms with Crippen molar-refractivity contribution in [2.75, 3.05) is 25.1 Å². The standard InChI is InChI=1S/C23H20BrN3O5/c1-3-30-20-13-15(12-19(24)21(20)32-10-9-25)11-17(14-26)22(28)27-18-7-5-16(6-8-18)23(29)31-4-2/h5-8,11-13H,3-4,10H2,1-2H3,(H,27,28)/b17-11+. The summed E-state index contributed by atoms with van der Waals surface area (Å²) in [5, 5.41) is 20.8. The first-order valence-electron chi connectivity index (χ1n) is 9.59. The summed E-state index contributed by atoms with van der Waals surface area (Å²) in [6.07, 6.45) is 1.41. The molecule has 0 atom stereocenters. The number of carbonyl (C=O) groups is 2. The molecule has 1 N–H and O–H groups in total. The first kappa shape index (κ1) is 24.4. The lowest BCUT2D eigenvalue weighted by Gasteiger charge is -2.13. The number of carbonyl (C=O) groups excluding carboxylic acids is 2. The van der Waals surface area contributed by atoms with E-state index in [0.29, 0.717) is 39.4 Å². The molecule has 1 amide bonds. The third-order valence-corrected chi connectivity index (χ3v) is 4.53. The Balaban J connectivity index is 2.25. The number of rotatable bonds is 9. The maximum absolute atomic E-state index is 12.6. The third kappa shape index (κ3) is 6.59. The molecule has 0 aromatic heterocycles. The number of nitriles is 2. The van der Waals surface area contributed by atoms with Crippen molar-refractivity contribution in [3.8, 4) is 23.6 Å². The number of anilines is 1. The summed E-state index contributed by atoms with van der Waals surface area (Å²) >= 11 is 3.37. The second-order valence-electron chi connectivity index (χ2n) is 6.13. The Morgan fingerprint density at radius 1 is 1.09 bits per heavy atom. The zero-order valence-electron chi connectivity index (χ0n) is 17.5. The normalized spacial score (nSPS) is 10.5. The maximum Gasteiger partial charge on any atom is 0.338 e. The van der Waals surface area contributed by atoms with E-state index in [0.717, 1.165) is 0 Å². The van der Waals surface area contributed by atoms with E-state index in [9.17, 15) is 14.9 Å².